The maximum absolute atomic E-state index is 11.6. The van der Waals surface area contributed by atoms with Crippen LogP contribution in [0, 0.1) is 0 Å². The molecule has 3 aromatic rings. The summed E-state index contributed by atoms with van der Waals surface area (Å²) < 4.78 is 1.19. The predicted molar refractivity (Wildman–Crippen MR) is 64.2 cm³/mol. The highest BCUT2D eigenvalue weighted by atomic mass is 32.1. The van der Waals surface area contributed by atoms with Crippen LogP contribution < -0.4 is 5.56 Å². The summed E-state index contributed by atoms with van der Waals surface area (Å²) in [5, 5.41) is 14.1. The number of hydrogen-bond acceptors (Lipinski definition) is 5. The van der Waals surface area contributed by atoms with E-state index in [1.54, 1.807) is 0 Å². The van der Waals surface area contributed by atoms with Crippen molar-refractivity contribution >= 4 is 16.3 Å². The van der Waals surface area contributed by atoms with E-state index < -0.39 is 0 Å². The molecule has 1 aromatic carbocycles. The summed E-state index contributed by atoms with van der Waals surface area (Å²) >= 11 is 1.26. The molecular weight excluding hydrogens is 238 g/mol. The van der Waals surface area contributed by atoms with Crippen LogP contribution in [0.5, 0.6) is 5.88 Å². The van der Waals surface area contributed by atoms with Crippen LogP contribution in [-0.2, 0) is 0 Å². The Morgan fingerprint density at radius 1 is 1.24 bits per heavy atom. The van der Waals surface area contributed by atoms with Gasteiger partial charge in [-0.05, 0) is 0 Å². The fraction of sp³-hybridized carbons (Fsp3) is 0. The number of aromatic nitrogens is 3. The zero-order valence-electron chi connectivity index (χ0n) is 8.57. The summed E-state index contributed by atoms with van der Waals surface area (Å²) in [5.41, 5.74) is 0.535. The molecule has 17 heavy (non-hydrogen) atoms. The van der Waals surface area contributed by atoms with Crippen LogP contribution >= 0.6 is 11.3 Å². The topological polar surface area (TPSA) is 67.5 Å². The Labute approximate surface area is 99.6 Å². The van der Waals surface area contributed by atoms with E-state index in [1.807, 2.05) is 30.3 Å². The Morgan fingerprint density at radius 3 is 2.76 bits per heavy atom. The van der Waals surface area contributed by atoms with Gasteiger partial charge in [0.2, 0.25) is 10.8 Å². The van der Waals surface area contributed by atoms with Crippen molar-refractivity contribution in [2.24, 2.45) is 0 Å². The lowest BCUT2D eigenvalue weighted by molar-refractivity contribution is 0.452. The lowest BCUT2D eigenvalue weighted by atomic mass is 10.2. The van der Waals surface area contributed by atoms with Crippen LogP contribution in [-0.4, -0.2) is 19.7 Å². The molecule has 0 unspecified atom stereocenters. The molecule has 0 radical (unpaired) electrons. The van der Waals surface area contributed by atoms with Crippen LogP contribution in [0.4, 0.5) is 0 Å². The second-order valence-electron chi connectivity index (χ2n) is 3.42. The summed E-state index contributed by atoms with van der Waals surface area (Å²) in [7, 11) is 0. The maximum atomic E-state index is 11.6. The van der Waals surface area contributed by atoms with Crippen LogP contribution in [0.15, 0.2) is 41.2 Å². The second-order valence-corrected chi connectivity index (χ2v) is 4.38. The van der Waals surface area contributed by atoms with Crippen molar-refractivity contribution in [3.8, 4) is 16.5 Å². The van der Waals surface area contributed by atoms with E-state index in [0.29, 0.717) is 9.97 Å². The highest BCUT2D eigenvalue weighted by molar-refractivity contribution is 7.19. The molecule has 5 nitrogen and oxygen atoms in total. The first-order valence-corrected chi connectivity index (χ1v) is 5.71. The van der Waals surface area contributed by atoms with Gasteiger partial charge in [-0.25, -0.2) is 0 Å². The lowest BCUT2D eigenvalue weighted by Crippen LogP contribution is -2.12. The van der Waals surface area contributed by atoms with Crippen molar-refractivity contribution in [2.75, 3.05) is 0 Å². The number of benzene rings is 1. The number of rotatable bonds is 1. The highest BCUT2D eigenvalue weighted by Gasteiger charge is 2.09. The summed E-state index contributed by atoms with van der Waals surface area (Å²) in [5.74, 6) is -0.279. The minimum Gasteiger partial charge on any atom is -0.493 e. The molecular formula is C11H7N3O2S. The molecule has 3 rings (SSSR count). The van der Waals surface area contributed by atoms with Crippen molar-refractivity contribution in [3.05, 3.63) is 46.8 Å². The first-order chi connectivity index (χ1) is 8.24. The van der Waals surface area contributed by atoms with Crippen molar-refractivity contribution in [1.82, 2.24) is 14.6 Å². The molecule has 6 heteroatoms. The number of fused-ring (bicyclic) bond motifs is 1. The third kappa shape index (κ3) is 1.68. The van der Waals surface area contributed by atoms with Gasteiger partial charge in [0.15, 0.2) is 0 Å². The Hall–Kier alpha value is -2.21. The van der Waals surface area contributed by atoms with E-state index in [1.165, 1.54) is 15.9 Å². The van der Waals surface area contributed by atoms with Crippen LogP contribution in [0.2, 0.25) is 0 Å². The third-order valence-corrected chi connectivity index (χ3v) is 3.21. The summed E-state index contributed by atoms with van der Waals surface area (Å²) in [4.78, 5) is 15.8. The molecule has 2 heterocycles. The van der Waals surface area contributed by atoms with Crippen LogP contribution in [0.1, 0.15) is 0 Å². The molecule has 0 amide bonds. The van der Waals surface area contributed by atoms with Gasteiger partial charge in [-0.15, -0.1) is 0 Å². The SMILES string of the molecule is O=c1cc(O)nc2sc(-c3ccccc3)nn12. The fourth-order valence-electron chi connectivity index (χ4n) is 1.50. The molecule has 0 atom stereocenters. The van der Waals surface area contributed by atoms with Gasteiger partial charge in [-0.1, -0.05) is 41.7 Å². The van der Waals surface area contributed by atoms with Crippen molar-refractivity contribution in [2.45, 2.75) is 0 Å². The van der Waals surface area contributed by atoms with Gasteiger partial charge < -0.3 is 5.11 Å². The third-order valence-electron chi connectivity index (χ3n) is 2.25. The summed E-state index contributed by atoms with van der Waals surface area (Å²) in [6.07, 6.45) is 0. The van der Waals surface area contributed by atoms with E-state index in [2.05, 4.69) is 10.1 Å². The van der Waals surface area contributed by atoms with Crippen molar-refractivity contribution in [1.29, 1.82) is 0 Å². The quantitative estimate of drug-likeness (QED) is 0.706. The van der Waals surface area contributed by atoms with E-state index >= 15 is 0 Å². The molecule has 0 saturated carbocycles. The largest absolute Gasteiger partial charge is 0.493 e. The zero-order valence-corrected chi connectivity index (χ0v) is 9.39. The lowest BCUT2D eigenvalue weighted by Gasteiger charge is -1.91. The normalized spacial score (nSPS) is 10.8. The number of hydrogen-bond donors (Lipinski definition) is 1. The minimum atomic E-state index is -0.383. The smallest absolute Gasteiger partial charge is 0.279 e. The molecule has 0 aliphatic heterocycles. The summed E-state index contributed by atoms with van der Waals surface area (Å²) in [6, 6.07) is 10.6. The molecule has 0 bridgehead atoms. The van der Waals surface area contributed by atoms with Crippen molar-refractivity contribution < 1.29 is 5.11 Å². The molecule has 0 saturated heterocycles. The molecule has 1 N–H and O–H groups in total. The van der Waals surface area contributed by atoms with Crippen molar-refractivity contribution in [3.63, 3.8) is 0 Å². The van der Waals surface area contributed by atoms with Gasteiger partial charge in [0.25, 0.3) is 5.56 Å². The first kappa shape index (κ1) is 9.98. The predicted octanol–water partition coefficient (Wildman–Crippen LogP) is 1.52. The monoisotopic (exact) mass is 245 g/mol. The van der Waals surface area contributed by atoms with Gasteiger partial charge in [-0.2, -0.15) is 14.6 Å². The maximum Gasteiger partial charge on any atom is 0.279 e. The number of aromatic hydroxyl groups is 1. The average Bonchev–Trinajstić information content (AvgIpc) is 2.74. The Morgan fingerprint density at radius 2 is 2.00 bits per heavy atom. The van der Waals surface area contributed by atoms with Gasteiger partial charge in [0.1, 0.15) is 5.01 Å². The van der Waals surface area contributed by atoms with E-state index in [0.717, 1.165) is 11.6 Å². The van der Waals surface area contributed by atoms with Gasteiger partial charge >= 0.3 is 0 Å². The number of nitrogens with zero attached hydrogens (tertiary/aromatic N) is 3. The molecule has 84 valence electrons. The fourth-order valence-corrected chi connectivity index (χ4v) is 2.40. The standard InChI is InChI=1S/C11H7N3O2S/c15-8-6-9(16)14-11(12-8)17-10(13-14)7-4-2-1-3-5-7/h1-6,15H. The molecule has 0 spiro atoms. The molecule has 2 aromatic heterocycles. The van der Waals surface area contributed by atoms with Gasteiger partial charge in [-0.3, -0.25) is 4.79 Å². The zero-order chi connectivity index (χ0) is 11.8. The minimum absolute atomic E-state index is 0.279. The van der Waals surface area contributed by atoms with E-state index in [4.69, 9.17) is 0 Å². The highest BCUT2D eigenvalue weighted by Crippen LogP contribution is 2.24. The van der Waals surface area contributed by atoms with E-state index in [9.17, 15) is 9.90 Å². The second kappa shape index (κ2) is 3.67. The molecule has 0 aliphatic rings. The molecule has 0 fully saturated rings. The molecule has 0 aliphatic carbocycles. The Bertz CT molecular complexity index is 733. The van der Waals surface area contributed by atoms with Crippen LogP contribution in [0.25, 0.3) is 15.5 Å². The van der Waals surface area contributed by atoms with Gasteiger partial charge in [0.05, 0.1) is 6.07 Å². The van der Waals surface area contributed by atoms with E-state index in [-0.39, 0.29) is 11.4 Å². The van der Waals surface area contributed by atoms with Gasteiger partial charge in [0, 0.05) is 5.56 Å². The first-order valence-electron chi connectivity index (χ1n) is 4.89. The average molecular weight is 245 g/mol. The Kier molecular flexibility index (Phi) is 2.15. The summed E-state index contributed by atoms with van der Waals surface area (Å²) in [6.45, 7) is 0. The van der Waals surface area contributed by atoms with Crippen LogP contribution in [0.3, 0.4) is 0 Å². The Balaban J connectivity index is 2.28.